The number of hydrogen-bond acceptors (Lipinski definition) is 1. The number of alkyl halides is 1. The Morgan fingerprint density at radius 2 is 2.21 bits per heavy atom. The van der Waals surface area contributed by atoms with Gasteiger partial charge in [0.05, 0.1) is 0 Å². The highest BCUT2D eigenvalue weighted by molar-refractivity contribution is 6.19. The minimum absolute atomic E-state index is 0.0649. The van der Waals surface area contributed by atoms with Gasteiger partial charge in [-0.3, -0.25) is 4.79 Å². The maximum atomic E-state index is 11.5. The summed E-state index contributed by atoms with van der Waals surface area (Å²) < 4.78 is 0. The van der Waals surface area contributed by atoms with Crippen LogP contribution in [0.5, 0.6) is 0 Å². The summed E-state index contributed by atoms with van der Waals surface area (Å²) in [5.74, 6) is 1.31. The van der Waals surface area contributed by atoms with Gasteiger partial charge in [0, 0.05) is 17.8 Å². The van der Waals surface area contributed by atoms with E-state index in [1.54, 1.807) is 0 Å². The summed E-state index contributed by atoms with van der Waals surface area (Å²) in [6, 6.07) is 0.362. The van der Waals surface area contributed by atoms with Crippen LogP contribution in [-0.2, 0) is 4.79 Å². The second-order valence-corrected chi connectivity index (χ2v) is 4.66. The normalized spacial score (nSPS) is 20.2. The Labute approximate surface area is 91.4 Å². The van der Waals surface area contributed by atoms with E-state index in [1.807, 2.05) is 6.92 Å². The van der Waals surface area contributed by atoms with Crippen LogP contribution in [0.25, 0.3) is 0 Å². The Morgan fingerprint density at radius 1 is 1.57 bits per heavy atom. The van der Waals surface area contributed by atoms with Crippen molar-refractivity contribution in [2.24, 2.45) is 11.8 Å². The maximum Gasteiger partial charge on any atom is 0.224 e. The Balaban J connectivity index is 2.26. The molecule has 82 valence electrons. The van der Waals surface area contributed by atoms with Gasteiger partial charge in [-0.2, -0.15) is 0 Å². The summed E-state index contributed by atoms with van der Waals surface area (Å²) in [5, 5.41) is 3.07. The van der Waals surface area contributed by atoms with E-state index in [2.05, 4.69) is 12.2 Å². The van der Waals surface area contributed by atoms with Crippen molar-refractivity contribution in [1.82, 2.24) is 5.32 Å². The quantitative estimate of drug-likeness (QED) is 0.681. The van der Waals surface area contributed by atoms with Crippen molar-refractivity contribution in [2.75, 3.05) is 5.88 Å². The third kappa shape index (κ3) is 3.87. The zero-order valence-electron chi connectivity index (χ0n) is 9.05. The molecule has 2 unspecified atom stereocenters. The van der Waals surface area contributed by atoms with E-state index in [0.29, 0.717) is 11.9 Å². The third-order valence-corrected chi connectivity index (χ3v) is 3.30. The molecule has 1 N–H and O–H groups in total. The van der Waals surface area contributed by atoms with Crippen LogP contribution in [-0.4, -0.2) is 17.8 Å². The van der Waals surface area contributed by atoms with Gasteiger partial charge in [0.15, 0.2) is 0 Å². The van der Waals surface area contributed by atoms with Crippen LogP contribution in [0.2, 0.25) is 0 Å². The monoisotopic (exact) mass is 217 g/mol. The SMILES string of the molecule is CCC(CC1CC1)NC(=O)C(C)CCl. The molecule has 2 atom stereocenters. The van der Waals surface area contributed by atoms with Gasteiger partial charge in [-0.25, -0.2) is 0 Å². The summed E-state index contributed by atoms with van der Waals surface area (Å²) in [6.07, 6.45) is 4.86. The van der Waals surface area contributed by atoms with Gasteiger partial charge in [0.2, 0.25) is 5.91 Å². The molecule has 0 aromatic rings. The van der Waals surface area contributed by atoms with Crippen LogP contribution < -0.4 is 5.32 Å². The molecule has 1 saturated carbocycles. The number of hydrogen-bond donors (Lipinski definition) is 1. The van der Waals surface area contributed by atoms with Gasteiger partial charge in [-0.15, -0.1) is 11.6 Å². The molecule has 0 heterocycles. The van der Waals surface area contributed by atoms with Gasteiger partial charge in [-0.05, 0) is 18.8 Å². The van der Waals surface area contributed by atoms with Crippen LogP contribution >= 0.6 is 11.6 Å². The molecule has 0 spiro atoms. The lowest BCUT2D eigenvalue weighted by atomic mass is 10.1. The standard InChI is InChI=1S/C11H20ClNO/c1-3-10(6-9-4-5-9)13-11(14)8(2)7-12/h8-10H,3-7H2,1-2H3,(H,13,14). The predicted octanol–water partition coefficient (Wildman–Crippen LogP) is 2.56. The average Bonchev–Trinajstić information content (AvgIpc) is 2.99. The second-order valence-electron chi connectivity index (χ2n) is 4.35. The molecular weight excluding hydrogens is 198 g/mol. The van der Waals surface area contributed by atoms with E-state index in [0.717, 1.165) is 18.8 Å². The van der Waals surface area contributed by atoms with E-state index in [9.17, 15) is 4.79 Å². The van der Waals surface area contributed by atoms with Gasteiger partial charge >= 0.3 is 0 Å². The molecule has 1 aliphatic rings. The van der Waals surface area contributed by atoms with Gasteiger partial charge < -0.3 is 5.32 Å². The minimum Gasteiger partial charge on any atom is -0.353 e. The van der Waals surface area contributed by atoms with Crippen molar-refractivity contribution >= 4 is 17.5 Å². The number of carbonyl (C=O) groups is 1. The van der Waals surface area contributed by atoms with Crippen LogP contribution in [0.15, 0.2) is 0 Å². The molecule has 3 heteroatoms. The molecule has 2 nitrogen and oxygen atoms in total. The first kappa shape index (κ1) is 11.8. The number of amides is 1. The van der Waals surface area contributed by atoms with Crippen LogP contribution in [0.4, 0.5) is 0 Å². The Hall–Kier alpha value is -0.240. The zero-order chi connectivity index (χ0) is 10.6. The van der Waals surface area contributed by atoms with E-state index in [-0.39, 0.29) is 11.8 Å². The molecule has 0 saturated heterocycles. The van der Waals surface area contributed by atoms with Gasteiger partial charge in [0.1, 0.15) is 0 Å². The average molecular weight is 218 g/mol. The lowest BCUT2D eigenvalue weighted by molar-refractivity contribution is -0.124. The number of halogens is 1. The first-order valence-electron chi connectivity index (χ1n) is 5.53. The largest absolute Gasteiger partial charge is 0.353 e. The molecular formula is C11H20ClNO. The predicted molar refractivity (Wildman–Crippen MR) is 59.4 cm³/mol. The highest BCUT2D eigenvalue weighted by Crippen LogP contribution is 2.34. The van der Waals surface area contributed by atoms with E-state index in [1.165, 1.54) is 12.8 Å². The van der Waals surface area contributed by atoms with Gasteiger partial charge in [0.25, 0.3) is 0 Å². The summed E-state index contributed by atoms with van der Waals surface area (Å²) >= 11 is 5.63. The summed E-state index contributed by atoms with van der Waals surface area (Å²) in [5.41, 5.74) is 0. The minimum atomic E-state index is -0.0649. The van der Waals surface area contributed by atoms with Gasteiger partial charge in [-0.1, -0.05) is 26.7 Å². The fraction of sp³-hybridized carbons (Fsp3) is 0.909. The summed E-state index contributed by atoms with van der Waals surface area (Å²) in [4.78, 5) is 11.5. The van der Waals surface area contributed by atoms with E-state index >= 15 is 0 Å². The lowest BCUT2D eigenvalue weighted by Crippen LogP contribution is -2.38. The highest BCUT2D eigenvalue weighted by Gasteiger charge is 2.26. The molecule has 1 aliphatic carbocycles. The molecule has 0 radical (unpaired) electrons. The molecule has 1 rings (SSSR count). The smallest absolute Gasteiger partial charge is 0.224 e. The second kappa shape index (κ2) is 5.59. The molecule has 1 amide bonds. The van der Waals surface area contributed by atoms with E-state index in [4.69, 9.17) is 11.6 Å². The molecule has 14 heavy (non-hydrogen) atoms. The molecule has 0 aromatic heterocycles. The first-order valence-corrected chi connectivity index (χ1v) is 6.07. The van der Waals surface area contributed by atoms with Crippen molar-refractivity contribution in [3.05, 3.63) is 0 Å². The number of nitrogens with one attached hydrogen (secondary N) is 1. The Morgan fingerprint density at radius 3 is 2.64 bits per heavy atom. The summed E-state index contributed by atoms with van der Waals surface area (Å²) in [6.45, 7) is 3.99. The molecule has 0 bridgehead atoms. The third-order valence-electron chi connectivity index (χ3n) is 2.83. The maximum absolute atomic E-state index is 11.5. The topological polar surface area (TPSA) is 29.1 Å². The molecule has 0 aliphatic heterocycles. The summed E-state index contributed by atoms with van der Waals surface area (Å²) in [7, 11) is 0. The Bertz CT molecular complexity index is 192. The van der Waals surface area contributed by atoms with Crippen LogP contribution in [0, 0.1) is 11.8 Å². The van der Waals surface area contributed by atoms with E-state index < -0.39 is 0 Å². The van der Waals surface area contributed by atoms with Crippen LogP contribution in [0.3, 0.4) is 0 Å². The first-order chi connectivity index (χ1) is 6.67. The number of rotatable bonds is 6. The van der Waals surface area contributed by atoms with Crippen molar-refractivity contribution in [3.8, 4) is 0 Å². The Kier molecular flexibility index (Phi) is 4.73. The van der Waals surface area contributed by atoms with Crippen molar-refractivity contribution < 1.29 is 4.79 Å². The fourth-order valence-corrected chi connectivity index (χ4v) is 1.64. The zero-order valence-corrected chi connectivity index (χ0v) is 9.81. The molecule has 0 aromatic carbocycles. The number of carbonyl (C=O) groups excluding carboxylic acids is 1. The van der Waals surface area contributed by atoms with Crippen molar-refractivity contribution in [3.63, 3.8) is 0 Å². The fourth-order valence-electron chi connectivity index (χ4n) is 1.50. The highest BCUT2D eigenvalue weighted by atomic mass is 35.5. The lowest BCUT2D eigenvalue weighted by Gasteiger charge is -2.18. The van der Waals surface area contributed by atoms with Crippen molar-refractivity contribution in [1.29, 1.82) is 0 Å². The van der Waals surface area contributed by atoms with Crippen LogP contribution in [0.1, 0.15) is 39.5 Å². The van der Waals surface area contributed by atoms with Crippen molar-refractivity contribution in [2.45, 2.75) is 45.6 Å². The molecule has 1 fully saturated rings.